The number of aromatic hydroxyl groups is 1. The lowest BCUT2D eigenvalue weighted by atomic mass is 10.1. The topological polar surface area (TPSA) is 89.9 Å². The molecule has 0 bridgehead atoms. The number of aliphatic hydroxyl groups excluding tert-OH is 1. The van der Waals surface area contributed by atoms with Crippen molar-refractivity contribution in [2.75, 3.05) is 6.61 Å². The van der Waals surface area contributed by atoms with Crippen molar-refractivity contribution in [3.05, 3.63) is 77.9 Å². The van der Waals surface area contributed by atoms with E-state index in [4.69, 9.17) is 5.11 Å². The van der Waals surface area contributed by atoms with E-state index >= 15 is 0 Å². The predicted molar refractivity (Wildman–Crippen MR) is 105 cm³/mol. The van der Waals surface area contributed by atoms with E-state index in [1.807, 2.05) is 55.5 Å². The molecule has 3 rings (SSSR count). The maximum Gasteiger partial charge on any atom is 0.118 e. The summed E-state index contributed by atoms with van der Waals surface area (Å²) < 4.78 is 0. The highest BCUT2D eigenvalue weighted by molar-refractivity contribution is 5.49. The first-order valence-electron chi connectivity index (χ1n) is 8.57. The van der Waals surface area contributed by atoms with Crippen LogP contribution in [0.3, 0.4) is 0 Å². The van der Waals surface area contributed by atoms with E-state index in [-0.39, 0.29) is 12.4 Å². The quantitative estimate of drug-likeness (QED) is 0.523. The van der Waals surface area contributed by atoms with Gasteiger partial charge in [-0.25, -0.2) is 0 Å². The summed E-state index contributed by atoms with van der Waals surface area (Å²) in [6.45, 7) is 1.92. The minimum atomic E-state index is 0.111. The van der Waals surface area contributed by atoms with E-state index in [1.165, 1.54) is 0 Å². The van der Waals surface area contributed by atoms with Gasteiger partial charge in [-0.15, -0.1) is 0 Å². The number of benzene rings is 3. The lowest BCUT2D eigenvalue weighted by Gasteiger charge is -1.99. The lowest BCUT2D eigenvalue weighted by Crippen LogP contribution is -1.88. The molecular weight excluding hydrogens is 340 g/mol. The molecule has 0 saturated heterocycles. The minimum Gasteiger partial charge on any atom is -0.508 e. The van der Waals surface area contributed by atoms with E-state index in [1.54, 1.807) is 18.2 Å². The first-order valence-corrected chi connectivity index (χ1v) is 8.57. The predicted octanol–water partition coefficient (Wildman–Crippen LogP) is 6.07. The maximum atomic E-state index is 9.53. The highest BCUT2D eigenvalue weighted by Crippen LogP contribution is 2.26. The third-order valence-electron chi connectivity index (χ3n) is 3.90. The molecule has 136 valence electrons. The van der Waals surface area contributed by atoms with E-state index in [9.17, 15) is 5.11 Å². The van der Waals surface area contributed by atoms with Gasteiger partial charge in [-0.2, -0.15) is 20.5 Å². The van der Waals surface area contributed by atoms with Gasteiger partial charge in [0.25, 0.3) is 0 Å². The Bertz CT molecular complexity index is 966. The maximum absolute atomic E-state index is 9.53. The molecule has 0 radical (unpaired) electrons. The van der Waals surface area contributed by atoms with Crippen LogP contribution in [-0.2, 0) is 6.42 Å². The van der Waals surface area contributed by atoms with Crippen molar-refractivity contribution < 1.29 is 10.2 Å². The fourth-order valence-corrected chi connectivity index (χ4v) is 2.42. The molecule has 3 aromatic carbocycles. The summed E-state index contributed by atoms with van der Waals surface area (Å²) in [5, 5.41) is 35.3. The van der Waals surface area contributed by atoms with Crippen molar-refractivity contribution in [2.24, 2.45) is 20.5 Å². The molecule has 0 aliphatic carbocycles. The van der Waals surface area contributed by atoms with Gasteiger partial charge in [0.2, 0.25) is 0 Å². The Morgan fingerprint density at radius 1 is 0.704 bits per heavy atom. The Hall–Kier alpha value is -3.38. The Kier molecular flexibility index (Phi) is 6.02. The zero-order valence-corrected chi connectivity index (χ0v) is 14.9. The summed E-state index contributed by atoms with van der Waals surface area (Å²) in [6.07, 6.45) is 0.601. The number of hydrogen-bond acceptors (Lipinski definition) is 6. The van der Waals surface area contributed by atoms with Gasteiger partial charge in [0.15, 0.2) is 0 Å². The average Bonchev–Trinajstić information content (AvgIpc) is 2.69. The highest BCUT2D eigenvalue weighted by Gasteiger charge is 1.98. The summed E-state index contributed by atoms with van der Waals surface area (Å²) >= 11 is 0. The molecule has 6 nitrogen and oxygen atoms in total. The van der Waals surface area contributed by atoms with Crippen molar-refractivity contribution in [3.63, 3.8) is 0 Å². The third-order valence-corrected chi connectivity index (χ3v) is 3.90. The molecule has 0 heterocycles. The minimum absolute atomic E-state index is 0.111. The van der Waals surface area contributed by atoms with Crippen molar-refractivity contribution >= 4 is 22.7 Å². The van der Waals surface area contributed by atoms with Crippen LogP contribution in [0.25, 0.3) is 0 Å². The van der Waals surface area contributed by atoms with Crippen LogP contribution < -0.4 is 0 Å². The van der Waals surface area contributed by atoms with Gasteiger partial charge in [0.1, 0.15) is 5.75 Å². The van der Waals surface area contributed by atoms with Gasteiger partial charge >= 0.3 is 0 Å². The summed E-state index contributed by atoms with van der Waals surface area (Å²) in [4.78, 5) is 0. The molecular formula is C21H20N4O2. The number of phenols is 1. The Labute approximate surface area is 157 Å². The fraction of sp³-hybridized carbons (Fsp3) is 0.143. The first kappa shape index (κ1) is 18.4. The smallest absolute Gasteiger partial charge is 0.118 e. The lowest BCUT2D eigenvalue weighted by molar-refractivity contribution is 0.299. The van der Waals surface area contributed by atoms with Crippen LogP contribution in [0.15, 0.2) is 87.2 Å². The molecule has 2 N–H and O–H groups in total. The van der Waals surface area contributed by atoms with Crippen LogP contribution >= 0.6 is 0 Å². The van der Waals surface area contributed by atoms with Crippen LogP contribution in [0.4, 0.5) is 22.7 Å². The summed E-state index contributed by atoms with van der Waals surface area (Å²) in [5.74, 6) is 0.241. The molecule has 3 aromatic rings. The van der Waals surface area contributed by atoms with Gasteiger partial charge in [0.05, 0.1) is 22.7 Å². The van der Waals surface area contributed by atoms with Gasteiger partial charge in [-0.3, -0.25) is 0 Å². The Morgan fingerprint density at radius 3 is 1.85 bits per heavy atom. The normalized spacial score (nSPS) is 11.5. The third kappa shape index (κ3) is 5.29. The second-order valence-corrected chi connectivity index (χ2v) is 6.03. The van der Waals surface area contributed by atoms with Crippen LogP contribution in [0.2, 0.25) is 0 Å². The molecule has 0 aliphatic rings. The van der Waals surface area contributed by atoms with Crippen molar-refractivity contribution in [1.29, 1.82) is 0 Å². The molecule has 0 amide bonds. The molecule has 0 fully saturated rings. The summed E-state index contributed by atoms with van der Waals surface area (Å²) in [6, 6.07) is 20.0. The van der Waals surface area contributed by atoms with Crippen molar-refractivity contribution in [1.82, 2.24) is 0 Å². The van der Waals surface area contributed by atoms with E-state index in [0.29, 0.717) is 23.5 Å². The highest BCUT2D eigenvalue weighted by atomic mass is 16.3. The fourth-order valence-electron chi connectivity index (χ4n) is 2.42. The van der Waals surface area contributed by atoms with Gasteiger partial charge in [-0.05, 0) is 79.1 Å². The summed E-state index contributed by atoms with van der Waals surface area (Å²) in [7, 11) is 0. The van der Waals surface area contributed by atoms with Crippen LogP contribution in [0, 0.1) is 6.92 Å². The van der Waals surface area contributed by atoms with Crippen LogP contribution in [-0.4, -0.2) is 16.8 Å². The van der Waals surface area contributed by atoms with Gasteiger partial charge in [-0.1, -0.05) is 12.1 Å². The number of phenolic OH excluding ortho intramolecular Hbond substituents is 1. The van der Waals surface area contributed by atoms with Gasteiger partial charge < -0.3 is 10.2 Å². The molecule has 0 unspecified atom stereocenters. The van der Waals surface area contributed by atoms with Crippen molar-refractivity contribution in [3.8, 4) is 5.75 Å². The SMILES string of the molecule is Cc1cc(/N=N/c2ccc(/N=N/c3cccc(CCO)c3)cc2)ccc1O. The monoisotopic (exact) mass is 360 g/mol. The zero-order valence-electron chi connectivity index (χ0n) is 14.9. The second kappa shape index (κ2) is 8.82. The molecule has 0 saturated carbocycles. The van der Waals surface area contributed by atoms with Crippen LogP contribution in [0.1, 0.15) is 11.1 Å². The molecule has 0 spiro atoms. The first-order chi connectivity index (χ1) is 13.1. The molecule has 0 aromatic heterocycles. The van der Waals surface area contributed by atoms with E-state index < -0.39 is 0 Å². The van der Waals surface area contributed by atoms with Crippen molar-refractivity contribution in [2.45, 2.75) is 13.3 Å². The molecule has 6 heteroatoms. The van der Waals surface area contributed by atoms with E-state index in [2.05, 4.69) is 20.5 Å². The molecule has 0 atom stereocenters. The zero-order chi connectivity index (χ0) is 19.1. The summed E-state index contributed by atoms with van der Waals surface area (Å²) in [5.41, 5.74) is 4.61. The number of hydrogen-bond donors (Lipinski definition) is 2. The number of nitrogens with zero attached hydrogens (tertiary/aromatic N) is 4. The standard InChI is InChI=1S/C21H20N4O2/c1-15-13-20(9-10-21(15)27)25-23-18-7-5-17(6-8-18)22-24-19-4-2-3-16(14-19)11-12-26/h2-10,13-14,26-27H,11-12H2,1H3/b24-22+,25-23+. The molecule has 27 heavy (non-hydrogen) atoms. The molecule has 0 aliphatic heterocycles. The number of rotatable bonds is 6. The second-order valence-electron chi connectivity index (χ2n) is 6.03. The number of azo groups is 2. The number of aliphatic hydroxyl groups is 1. The Balaban J connectivity index is 1.67. The number of aryl methyl sites for hydroxylation is 1. The Morgan fingerprint density at radius 2 is 1.26 bits per heavy atom. The van der Waals surface area contributed by atoms with Gasteiger partial charge in [0, 0.05) is 6.61 Å². The van der Waals surface area contributed by atoms with E-state index in [0.717, 1.165) is 16.8 Å². The average molecular weight is 360 g/mol. The van der Waals surface area contributed by atoms with Crippen LogP contribution in [0.5, 0.6) is 5.75 Å². The largest absolute Gasteiger partial charge is 0.508 e.